The Labute approximate surface area is 127 Å². The van der Waals surface area contributed by atoms with E-state index in [2.05, 4.69) is 15.6 Å². The summed E-state index contributed by atoms with van der Waals surface area (Å²) in [6.07, 6.45) is 4.45. The number of aromatic nitrogens is 1. The molecule has 0 aliphatic carbocycles. The number of carbonyl (C=O) groups is 2. The fourth-order valence-electron chi connectivity index (χ4n) is 2.19. The SMILES string of the molecule is O=C(CCc1cccnc1)Nc1ccc2c(c1)NC(=O)CO2. The van der Waals surface area contributed by atoms with Crippen molar-refractivity contribution in [3.63, 3.8) is 0 Å². The summed E-state index contributed by atoms with van der Waals surface area (Å²) in [4.78, 5) is 27.3. The molecule has 2 amide bonds. The van der Waals surface area contributed by atoms with Crippen molar-refractivity contribution in [2.75, 3.05) is 17.2 Å². The topological polar surface area (TPSA) is 80.3 Å². The van der Waals surface area contributed by atoms with Crippen LogP contribution in [0.2, 0.25) is 0 Å². The Bertz CT molecular complexity index is 701. The van der Waals surface area contributed by atoms with Gasteiger partial charge in [0, 0.05) is 24.5 Å². The first kappa shape index (κ1) is 14.1. The Morgan fingerprint density at radius 3 is 3.09 bits per heavy atom. The second kappa shape index (κ2) is 6.26. The zero-order valence-corrected chi connectivity index (χ0v) is 11.8. The highest BCUT2D eigenvalue weighted by Gasteiger charge is 2.16. The van der Waals surface area contributed by atoms with Gasteiger partial charge in [0.15, 0.2) is 6.61 Å². The summed E-state index contributed by atoms with van der Waals surface area (Å²) < 4.78 is 5.27. The van der Waals surface area contributed by atoms with Crippen LogP contribution in [0.1, 0.15) is 12.0 Å². The number of anilines is 2. The highest BCUT2D eigenvalue weighted by molar-refractivity contribution is 5.97. The molecule has 1 aromatic heterocycles. The number of fused-ring (bicyclic) bond motifs is 1. The number of amides is 2. The van der Waals surface area contributed by atoms with Gasteiger partial charge in [-0.15, -0.1) is 0 Å². The molecule has 0 bridgehead atoms. The molecule has 6 nitrogen and oxygen atoms in total. The third-order valence-corrected chi connectivity index (χ3v) is 3.26. The molecule has 1 aromatic carbocycles. The Hall–Kier alpha value is -2.89. The quantitative estimate of drug-likeness (QED) is 0.904. The maximum atomic E-state index is 12.0. The van der Waals surface area contributed by atoms with E-state index in [0.717, 1.165) is 5.56 Å². The number of ether oxygens (including phenoxy) is 1. The zero-order valence-electron chi connectivity index (χ0n) is 11.8. The first-order valence-corrected chi connectivity index (χ1v) is 6.96. The minimum Gasteiger partial charge on any atom is -0.482 e. The number of pyridine rings is 1. The van der Waals surface area contributed by atoms with Crippen LogP contribution >= 0.6 is 0 Å². The third kappa shape index (κ3) is 3.41. The molecule has 2 aromatic rings. The summed E-state index contributed by atoms with van der Waals surface area (Å²) in [7, 11) is 0. The molecule has 1 aliphatic heterocycles. The normalized spacial score (nSPS) is 12.8. The van der Waals surface area contributed by atoms with Crippen molar-refractivity contribution < 1.29 is 14.3 Å². The molecule has 22 heavy (non-hydrogen) atoms. The van der Waals surface area contributed by atoms with Crippen LogP contribution in [-0.2, 0) is 16.0 Å². The Morgan fingerprint density at radius 1 is 1.36 bits per heavy atom. The van der Waals surface area contributed by atoms with Gasteiger partial charge in [-0.1, -0.05) is 6.07 Å². The lowest BCUT2D eigenvalue weighted by atomic mass is 10.1. The molecular formula is C16H15N3O3. The van der Waals surface area contributed by atoms with Crippen LogP contribution < -0.4 is 15.4 Å². The standard InChI is InChI=1S/C16H15N3O3/c20-15(6-3-11-2-1-7-17-9-11)18-12-4-5-14-13(8-12)19-16(21)10-22-14/h1-2,4-5,7-9H,3,6,10H2,(H,18,20)(H,19,21). The van der Waals surface area contributed by atoms with E-state index in [1.807, 2.05) is 12.1 Å². The number of aryl methyl sites for hydroxylation is 1. The van der Waals surface area contributed by atoms with Gasteiger partial charge in [-0.05, 0) is 36.2 Å². The summed E-state index contributed by atoms with van der Waals surface area (Å²) in [5, 5.41) is 5.52. The average molecular weight is 297 g/mol. The fourth-order valence-corrected chi connectivity index (χ4v) is 2.19. The second-order valence-corrected chi connectivity index (χ2v) is 4.96. The van der Waals surface area contributed by atoms with Crippen LogP contribution in [0, 0.1) is 0 Å². The van der Waals surface area contributed by atoms with Gasteiger partial charge < -0.3 is 15.4 Å². The van der Waals surface area contributed by atoms with Crippen LogP contribution in [0.15, 0.2) is 42.7 Å². The van der Waals surface area contributed by atoms with Gasteiger partial charge in [-0.25, -0.2) is 0 Å². The molecule has 6 heteroatoms. The molecular weight excluding hydrogens is 282 g/mol. The van der Waals surface area contributed by atoms with Crippen LogP contribution in [0.3, 0.4) is 0 Å². The van der Waals surface area contributed by atoms with Crippen molar-refractivity contribution in [3.05, 3.63) is 48.3 Å². The number of carbonyl (C=O) groups excluding carboxylic acids is 2. The highest BCUT2D eigenvalue weighted by atomic mass is 16.5. The first-order chi connectivity index (χ1) is 10.7. The van der Waals surface area contributed by atoms with E-state index in [-0.39, 0.29) is 18.4 Å². The highest BCUT2D eigenvalue weighted by Crippen LogP contribution is 2.30. The van der Waals surface area contributed by atoms with E-state index >= 15 is 0 Å². The maximum absolute atomic E-state index is 12.0. The molecule has 0 fully saturated rings. The minimum absolute atomic E-state index is 0.0177. The van der Waals surface area contributed by atoms with E-state index in [4.69, 9.17) is 4.74 Å². The van der Waals surface area contributed by atoms with Crippen LogP contribution in [0.4, 0.5) is 11.4 Å². The van der Waals surface area contributed by atoms with Crippen molar-refractivity contribution in [2.45, 2.75) is 12.8 Å². The smallest absolute Gasteiger partial charge is 0.262 e. The minimum atomic E-state index is -0.201. The molecule has 2 N–H and O–H groups in total. The molecule has 0 unspecified atom stereocenters. The lowest BCUT2D eigenvalue weighted by Crippen LogP contribution is -2.25. The van der Waals surface area contributed by atoms with Crippen molar-refractivity contribution in [1.82, 2.24) is 4.98 Å². The average Bonchev–Trinajstić information content (AvgIpc) is 2.53. The molecule has 2 heterocycles. The molecule has 1 aliphatic rings. The van der Waals surface area contributed by atoms with Gasteiger partial charge >= 0.3 is 0 Å². The third-order valence-electron chi connectivity index (χ3n) is 3.26. The molecule has 3 rings (SSSR count). The molecule has 0 atom stereocenters. The van der Waals surface area contributed by atoms with Gasteiger partial charge in [0.2, 0.25) is 5.91 Å². The second-order valence-electron chi connectivity index (χ2n) is 4.96. The summed E-state index contributed by atoms with van der Waals surface area (Å²) in [6, 6.07) is 8.95. The lowest BCUT2D eigenvalue weighted by Gasteiger charge is -2.18. The number of nitrogens with zero attached hydrogens (tertiary/aromatic N) is 1. The van der Waals surface area contributed by atoms with Gasteiger partial charge in [-0.3, -0.25) is 14.6 Å². The van der Waals surface area contributed by atoms with Crippen LogP contribution in [0.25, 0.3) is 0 Å². The molecule has 0 saturated carbocycles. The predicted molar refractivity (Wildman–Crippen MR) is 81.8 cm³/mol. The number of rotatable bonds is 4. The van der Waals surface area contributed by atoms with E-state index < -0.39 is 0 Å². The lowest BCUT2D eigenvalue weighted by molar-refractivity contribution is -0.118. The van der Waals surface area contributed by atoms with Gasteiger partial charge in [0.25, 0.3) is 5.91 Å². The number of hydrogen-bond donors (Lipinski definition) is 2. The van der Waals surface area contributed by atoms with Crippen LogP contribution in [0.5, 0.6) is 5.75 Å². The van der Waals surface area contributed by atoms with E-state index in [0.29, 0.717) is 30.0 Å². The van der Waals surface area contributed by atoms with Crippen molar-refractivity contribution in [1.29, 1.82) is 0 Å². The number of benzene rings is 1. The van der Waals surface area contributed by atoms with Gasteiger partial charge in [-0.2, -0.15) is 0 Å². The largest absolute Gasteiger partial charge is 0.482 e. The maximum Gasteiger partial charge on any atom is 0.262 e. The molecule has 0 spiro atoms. The Morgan fingerprint density at radius 2 is 2.27 bits per heavy atom. The van der Waals surface area contributed by atoms with Crippen molar-refractivity contribution in [2.24, 2.45) is 0 Å². The Balaban J connectivity index is 1.60. The number of hydrogen-bond acceptors (Lipinski definition) is 4. The van der Waals surface area contributed by atoms with E-state index in [1.165, 1.54) is 0 Å². The van der Waals surface area contributed by atoms with Crippen LogP contribution in [-0.4, -0.2) is 23.4 Å². The van der Waals surface area contributed by atoms with Crippen molar-refractivity contribution in [3.8, 4) is 5.75 Å². The predicted octanol–water partition coefficient (Wildman–Crippen LogP) is 1.98. The summed E-state index contributed by atoms with van der Waals surface area (Å²) in [5.74, 6) is 0.312. The number of nitrogens with one attached hydrogen (secondary N) is 2. The Kier molecular flexibility index (Phi) is 4.00. The molecule has 0 radical (unpaired) electrons. The summed E-state index contributed by atoms with van der Waals surface area (Å²) in [6.45, 7) is 0.0177. The first-order valence-electron chi connectivity index (χ1n) is 6.96. The zero-order chi connectivity index (χ0) is 15.4. The fraction of sp³-hybridized carbons (Fsp3) is 0.188. The summed E-state index contributed by atoms with van der Waals surface area (Å²) in [5.41, 5.74) is 2.21. The van der Waals surface area contributed by atoms with Crippen molar-refractivity contribution >= 4 is 23.2 Å². The summed E-state index contributed by atoms with van der Waals surface area (Å²) >= 11 is 0. The van der Waals surface area contributed by atoms with E-state index in [9.17, 15) is 9.59 Å². The molecule has 0 saturated heterocycles. The van der Waals surface area contributed by atoms with Gasteiger partial charge in [0.05, 0.1) is 5.69 Å². The van der Waals surface area contributed by atoms with Gasteiger partial charge in [0.1, 0.15) is 5.75 Å². The monoisotopic (exact) mass is 297 g/mol. The molecule has 112 valence electrons. The van der Waals surface area contributed by atoms with E-state index in [1.54, 1.807) is 30.6 Å².